The molecule has 1 saturated heterocycles. The van der Waals surface area contributed by atoms with Crippen LogP contribution in [0.4, 0.5) is 5.69 Å². The summed E-state index contributed by atoms with van der Waals surface area (Å²) < 4.78 is 13.5. The first-order valence-corrected chi connectivity index (χ1v) is 11.3. The highest BCUT2D eigenvalue weighted by Gasteiger charge is 2.32. The summed E-state index contributed by atoms with van der Waals surface area (Å²) in [6, 6.07) is 25.1. The number of amides is 1. The lowest BCUT2D eigenvalue weighted by Gasteiger charge is -2.13. The topological polar surface area (TPSA) is 55.7 Å². The molecule has 0 unspecified atom stereocenters. The number of hydrogen-bond donors (Lipinski definition) is 1. The third-order valence-electron chi connectivity index (χ3n) is 5.67. The minimum absolute atomic E-state index is 0.174. The van der Waals surface area contributed by atoms with Crippen LogP contribution in [-0.2, 0) is 11.3 Å². The molecule has 0 atom stereocenters. The molecule has 0 radical (unpaired) electrons. The number of carbonyl (C=O) groups excluding carboxylic acids is 1. The Morgan fingerprint density at radius 3 is 2.44 bits per heavy atom. The number of carbonyl (C=O) groups is 1. The van der Waals surface area contributed by atoms with E-state index >= 15 is 0 Å². The summed E-state index contributed by atoms with van der Waals surface area (Å²) in [5, 5.41) is 4.49. The molecule has 6 nitrogen and oxygen atoms in total. The molecular weight excluding hydrogens is 446 g/mol. The molecule has 3 aromatic carbocycles. The molecule has 1 N–H and O–H groups in total. The molecule has 5 rings (SSSR count). The van der Waals surface area contributed by atoms with Gasteiger partial charge in [0.1, 0.15) is 12.3 Å². The number of anilines is 1. The summed E-state index contributed by atoms with van der Waals surface area (Å²) in [4.78, 5) is 14.6. The highest BCUT2D eigenvalue weighted by molar-refractivity contribution is 7.80. The molecule has 34 heavy (non-hydrogen) atoms. The number of benzene rings is 3. The normalized spacial score (nSPS) is 14.6. The van der Waals surface area contributed by atoms with Crippen LogP contribution in [0.15, 0.2) is 90.8 Å². The lowest BCUT2D eigenvalue weighted by atomic mass is 10.1. The number of ether oxygens (including phenoxy) is 2. The molecule has 4 aromatic rings. The van der Waals surface area contributed by atoms with Gasteiger partial charge in [-0.15, -0.1) is 0 Å². The standard InChI is InChI=1S/C27H23N3O3S/c1-32-24-13-7-8-14-25(24)33-16-15-29-18-19(21-11-5-6-12-23(21)29)17-22-26(31)30(27(34)28-22)20-9-3-2-4-10-20/h2-14,17-18H,15-16H2,1H3,(H,28,34)/b22-17+. The third kappa shape index (κ3) is 4.13. The van der Waals surface area contributed by atoms with Crippen LogP contribution in [-0.4, -0.2) is 29.3 Å². The van der Waals surface area contributed by atoms with Gasteiger partial charge in [-0.3, -0.25) is 9.69 Å². The van der Waals surface area contributed by atoms with Crippen molar-refractivity contribution >= 4 is 45.9 Å². The fourth-order valence-corrected chi connectivity index (χ4v) is 4.37. The number of thiocarbonyl (C=S) groups is 1. The van der Waals surface area contributed by atoms with Crippen LogP contribution in [0.1, 0.15) is 5.56 Å². The largest absolute Gasteiger partial charge is 0.493 e. The smallest absolute Gasteiger partial charge is 0.281 e. The van der Waals surface area contributed by atoms with Crippen molar-refractivity contribution < 1.29 is 14.3 Å². The number of fused-ring (bicyclic) bond motifs is 1. The van der Waals surface area contributed by atoms with E-state index in [1.165, 1.54) is 4.90 Å². The number of hydrogen-bond acceptors (Lipinski definition) is 4. The van der Waals surface area contributed by atoms with E-state index in [4.69, 9.17) is 21.7 Å². The Morgan fingerprint density at radius 1 is 0.941 bits per heavy atom. The van der Waals surface area contributed by atoms with Crippen molar-refractivity contribution in [3.8, 4) is 11.5 Å². The second-order valence-electron chi connectivity index (χ2n) is 7.76. The zero-order valence-electron chi connectivity index (χ0n) is 18.6. The van der Waals surface area contributed by atoms with Gasteiger partial charge in [0.25, 0.3) is 5.91 Å². The first kappa shape index (κ1) is 21.7. The number of para-hydroxylation sites is 4. The summed E-state index contributed by atoms with van der Waals surface area (Å²) in [6.45, 7) is 1.11. The first-order chi connectivity index (χ1) is 16.7. The maximum atomic E-state index is 13.1. The number of methoxy groups -OCH3 is 1. The van der Waals surface area contributed by atoms with E-state index in [-0.39, 0.29) is 5.91 Å². The van der Waals surface area contributed by atoms with E-state index < -0.39 is 0 Å². The molecule has 0 spiro atoms. The van der Waals surface area contributed by atoms with Gasteiger partial charge >= 0.3 is 0 Å². The quantitative estimate of drug-likeness (QED) is 0.305. The minimum Gasteiger partial charge on any atom is -0.493 e. The van der Waals surface area contributed by atoms with Crippen molar-refractivity contribution in [3.63, 3.8) is 0 Å². The summed E-state index contributed by atoms with van der Waals surface area (Å²) in [7, 11) is 1.63. The van der Waals surface area contributed by atoms with Gasteiger partial charge in [0, 0.05) is 22.7 Å². The minimum atomic E-state index is -0.174. The zero-order valence-corrected chi connectivity index (χ0v) is 19.4. The second kappa shape index (κ2) is 9.41. The van der Waals surface area contributed by atoms with Crippen molar-refractivity contribution in [2.24, 2.45) is 0 Å². The fourth-order valence-electron chi connectivity index (χ4n) is 4.07. The molecule has 0 aliphatic carbocycles. The lowest BCUT2D eigenvalue weighted by molar-refractivity contribution is -0.113. The van der Waals surface area contributed by atoms with Gasteiger partial charge in [0.15, 0.2) is 16.6 Å². The van der Waals surface area contributed by atoms with Crippen LogP contribution >= 0.6 is 12.2 Å². The number of aromatic nitrogens is 1. The number of nitrogens with one attached hydrogen (secondary N) is 1. The van der Waals surface area contributed by atoms with E-state index in [1.54, 1.807) is 7.11 Å². The summed E-state index contributed by atoms with van der Waals surface area (Å²) in [5.74, 6) is 1.24. The highest BCUT2D eigenvalue weighted by atomic mass is 32.1. The van der Waals surface area contributed by atoms with Crippen LogP contribution < -0.4 is 19.7 Å². The molecule has 0 bridgehead atoms. The van der Waals surface area contributed by atoms with Gasteiger partial charge in [-0.2, -0.15) is 0 Å². The van der Waals surface area contributed by atoms with Crippen LogP contribution in [0.25, 0.3) is 17.0 Å². The van der Waals surface area contributed by atoms with Crippen molar-refractivity contribution in [1.29, 1.82) is 0 Å². The highest BCUT2D eigenvalue weighted by Crippen LogP contribution is 2.28. The predicted molar refractivity (Wildman–Crippen MR) is 138 cm³/mol. The van der Waals surface area contributed by atoms with E-state index in [0.717, 1.165) is 22.2 Å². The van der Waals surface area contributed by atoms with Crippen molar-refractivity contribution in [2.75, 3.05) is 18.6 Å². The van der Waals surface area contributed by atoms with E-state index in [9.17, 15) is 4.79 Å². The second-order valence-corrected chi connectivity index (χ2v) is 8.15. The van der Waals surface area contributed by atoms with Crippen molar-refractivity contribution in [2.45, 2.75) is 6.54 Å². The summed E-state index contributed by atoms with van der Waals surface area (Å²) in [6.07, 6.45) is 3.89. The van der Waals surface area contributed by atoms with Gasteiger partial charge in [-0.25, -0.2) is 0 Å². The Bertz CT molecular complexity index is 1390. The average molecular weight is 470 g/mol. The maximum absolute atomic E-state index is 13.1. The maximum Gasteiger partial charge on any atom is 0.281 e. The van der Waals surface area contributed by atoms with Gasteiger partial charge in [-0.1, -0.05) is 48.5 Å². The number of nitrogens with zero attached hydrogens (tertiary/aromatic N) is 2. The molecule has 1 fully saturated rings. The molecule has 2 heterocycles. The van der Waals surface area contributed by atoms with E-state index in [1.807, 2.05) is 85.1 Å². The van der Waals surface area contributed by atoms with Crippen LogP contribution in [0.3, 0.4) is 0 Å². The Morgan fingerprint density at radius 2 is 1.65 bits per heavy atom. The summed E-state index contributed by atoms with van der Waals surface area (Å²) in [5.41, 5.74) is 3.18. The molecule has 1 amide bonds. The Kier molecular flexibility index (Phi) is 6.01. The van der Waals surface area contributed by atoms with Gasteiger partial charge in [-0.05, 0) is 48.6 Å². The molecule has 1 aliphatic rings. The Labute approximate surface area is 203 Å². The molecule has 0 saturated carbocycles. The average Bonchev–Trinajstić information content (AvgIpc) is 3.36. The SMILES string of the molecule is COc1ccccc1OCCn1cc(/C=C2/NC(=S)N(c3ccccc3)C2=O)c2ccccc21. The van der Waals surface area contributed by atoms with E-state index in [0.29, 0.717) is 35.5 Å². The third-order valence-corrected chi connectivity index (χ3v) is 5.96. The lowest BCUT2D eigenvalue weighted by Crippen LogP contribution is -2.30. The van der Waals surface area contributed by atoms with Crippen LogP contribution in [0.2, 0.25) is 0 Å². The zero-order chi connectivity index (χ0) is 23.5. The van der Waals surface area contributed by atoms with Crippen LogP contribution in [0, 0.1) is 0 Å². The van der Waals surface area contributed by atoms with E-state index in [2.05, 4.69) is 16.0 Å². The molecular formula is C27H23N3O3S. The summed E-state index contributed by atoms with van der Waals surface area (Å²) >= 11 is 5.44. The van der Waals surface area contributed by atoms with Crippen molar-refractivity contribution in [3.05, 3.63) is 96.3 Å². The molecule has 1 aromatic heterocycles. The molecule has 170 valence electrons. The monoisotopic (exact) mass is 469 g/mol. The fraction of sp³-hybridized carbons (Fsp3) is 0.111. The van der Waals surface area contributed by atoms with Gasteiger partial charge in [0.05, 0.1) is 19.3 Å². The Balaban J connectivity index is 1.40. The molecule has 1 aliphatic heterocycles. The van der Waals surface area contributed by atoms with Crippen LogP contribution in [0.5, 0.6) is 11.5 Å². The first-order valence-electron chi connectivity index (χ1n) is 10.9. The number of rotatable bonds is 7. The molecule has 7 heteroatoms. The Hall–Kier alpha value is -4.10. The predicted octanol–water partition coefficient (Wildman–Crippen LogP) is 4.99. The van der Waals surface area contributed by atoms with Gasteiger partial charge < -0.3 is 19.4 Å². The van der Waals surface area contributed by atoms with Gasteiger partial charge in [0.2, 0.25) is 0 Å². The van der Waals surface area contributed by atoms with Crippen molar-refractivity contribution in [1.82, 2.24) is 9.88 Å².